The Hall–Kier alpha value is -0.800. The van der Waals surface area contributed by atoms with Crippen molar-refractivity contribution in [3.05, 3.63) is 33.8 Å². The lowest BCUT2D eigenvalue weighted by Gasteiger charge is -2.05. The predicted molar refractivity (Wildman–Crippen MR) is 68.3 cm³/mol. The topological polar surface area (TPSA) is 21.3 Å². The van der Waals surface area contributed by atoms with Gasteiger partial charge in [-0.2, -0.15) is 0 Å². The van der Waals surface area contributed by atoms with Crippen molar-refractivity contribution >= 4 is 22.0 Å². The van der Waals surface area contributed by atoms with Crippen LogP contribution in [0.15, 0.2) is 28.2 Å². The number of halogens is 1. The summed E-state index contributed by atoms with van der Waals surface area (Å²) >= 11 is 3.52. The first kappa shape index (κ1) is 12.3. The average Bonchev–Trinajstić information content (AvgIpc) is 2.21. The second-order valence-corrected chi connectivity index (χ2v) is 4.26. The summed E-state index contributed by atoms with van der Waals surface area (Å²) in [7, 11) is 3.62. The number of hydrogen-bond acceptors (Lipinski definition) is 2. The first-order chi connectivity index (χ1) is 7.17. The predicted octanol–water partition coefficient (Wildman–Crippen LogP) is 3.08. The van der Waals surface area contributed by atoms with Crippen LogP contribution in [0.2, 0.25) is 0 Å². The summed E-state index contributed by atoms with van der Waals surface area (Å²) < 4.78 is 6.27. The summed E-state index contributed by atoms with van der Waals surface area (Å²) in [5, 5.41) is 3.12. The molecule has 0 amide bonds. The number of likely N-dealkylation sites (N-methyl/N-ethyl adjacent to an activating group) is 1. The molecule has 1 aromatic carbocycles. The van der Waals surface area contributed by atoms with E-state index in [4.69, 9.17) is 4.74 Å². The van der Waals surface area contributed by atoms with Gasteiger partial charge in [-0.25, -0.2) is 0 Å². The SMILES string of the molecule is CNC/C(C)=C/c1cc(OC)ccc1Br. The Morgan fingerprint density at radius 1 is 1.53 bits per heavy atom. The lowest BCUT2D eigenvalue weighted by molar-refractivity contribution is 0.414. The van der Waals surface area contributed by atoms with Crippen LogP contribution in [0.5, 0.6) is 5.75 Å². The zero-order valence-corrected chi connectivity index (χ0v) is 10.9. The standard InChI is InChI=1S/C12H16BrNO/c1-9(8-14-2)6-10-7-11(15-3)4-5-12(10)13/h4-7,14H,8H2,1-3H3/b9-6+. The van der Waals surface area contributed by atoms with Gasteiger partial charge in [0.05, 0.1) is 7.11 Å². The Balaban J connectivity index is 2.97. The number of benzene rings is 1. The van der Waals surface area contributed by atoms with Crippen LogP contribution >= 0.6 is 15.9 Å². The Kier molecular flexibility index (Phi) is 4.85. The molecular formula is C12H16BrNO. The lowest BCUT2D eigenvalue weighted by Crippen LogP contribution is -2.08. The normalized spacial score (nSPS) is 11.6. The van der Waals surface area contributed by atoms with Gasteiger partial charge < -0.3 is 10.1 Å². The second-order valence-electron chi connectivity index (χ2n) is 3.41. The third-order valence-corrected chi connectivity index (χ3v) is 2.78. The van der Waals surface area contributed by atoms with Gasteiger partial charge in [-0.05, 0) is 37.7 Å². The number of methoxy groups -OCH3 is 1. The van der Waals surface area contributed by atoms with E-state index in [1.54, 1.807) is 7.11 Å². The maximum atomic E-state index is 5.19. The van der Waals surface area contributed by atoms with Crippen molar-refractivity contribution < 1.29 is 4.74 Å². The van der Waals surface area contributed by atoms with Crippen LogP contribution in [-0.4, -0.2) is 20.7 Å². The molecule has 1 aromatic rings. The van der Waals surface area contributed by atoms with Gasteiger partial charge in [0, 0.05) is 11.0 Å². The fraction of sp³-hybridized carbons (Fsp3) is 0.333. The van der Waals surface area contributed by atoms with E-state index in [0.717, 1.165) is 22.3 Å². The highest BCUT2D eigenvalue weighted by Gasteiger charge is 1.99. The van der Waals surface area contributed by atoms with Crippen molar-refractivity contribution in [1.82, 2.24) is 5.32 Å². The van der Waals surface area contributed by atoms with E-state index in [2.05, 4.69) is 34.2 Å². The van der Waals surface area contributed by atoms with Crippen molar-refractivity contribution in [2.24, 2.45) is 0 Å². The van der Waals surface area contributed by atoms with E-state index in [0.29, 0.717) is 0 Å². The van der Waals surface area contributed by atoms with Crippen LogP contribution < -0.4 is 10.1 Å². The lowest BCUT2D eigenvalue weighted by atomic mass is 10.1. The summed E-state index contributed by atoms with van der Waals surface area (Å²) in [6, 6.07) is 5.95. The number of ether oxygens (including phenoxy) is 1. The fourth-order valence-corrected chi connectivity index (χ4v) is 1.72. The first-order valence-corrected chi connectivity index (χ1v) is 5.62. The van der Waals surface area contributed by atoms with Crippen molar-refractivity contribution in [2.75, 3.05) is 20.7 Å². The van der Waals surface area contributed by atoms with Gasteiger partial charge in [-0.1, -0.05) is 27.6 Å². The molecule has 0 fully saturated rings. The Labute approximate surface area is 99.5 Å². The van der Waals surface area contributed by atoms with Gasteiger partial charge in [0.25, 0.3) is 0 Å². The zero-order valence-electron chi connectivity index (χ0n) is 9.30. The molecule has 0 radical (unpaired) electrons. The van der Waals surface area contributed by atoms with Gasteiger partial charge >= 0.3 is 0 Å². The third-order valence-electron chi connectivity index (χ3n) is 2.06. The average molecular weight is 270 g/mol. The molecule has 0 heterocycles. The minimum Gasteiger partial charge on any atom is -0.497 e. The number of nitrogens with one attached hydrogen (secondary N) is 1. The van der Waals surface area contributed by atoms with Crippen molar-refractivity contribution in [3.8, 4) is 5.75 Å². The van der Waals surface area contributed by atoms with Crippen molar-refractivity contribution in [2.45, 2.75) is 6.92 Å². The quantitative estimate of drug-likeness (QED) is 0.907. The molecular weight excluding hydrogens is 254 g/mol. The molecule has 0 spiro atoms. The molecule has 0 aliphatic heterocycles. The Bertz CT molecular complexity index is 361. The highest BCUT2D eigenvalue weighted by atomic mass is 79.9. The molecule has 2 nitrogen and oxygen atoms in total. The summed E-state index contributed by atoms with van der Waals surface area (Å²) in [5.74, 6) is 0.877. The Morgan fingerprint density at radius 3 is 2.87 bits per heavy atom. The minimum atomic E-state index is 0.877. The molecule has 0 aromatic heterocycles. The van der Waals surface area contributed by atoms with Gasteiger partial charge in [0.1, 0.15) is 5.75 Å². The van der Waals surface area contributed by atoms with Gasteiger partial charge in [-0.3, -0.25) is 0 Å². The smallest absolute Gasteiger partial charge is 0.119 e. The molecule has 0 saturated heterocycles. The minimum absolute atomic E-state index is 0.877. The maximum Gasteiger partial charge on any atom is 0.119 e. The highest BCUT2D eigenvalue weighted by Crippen LogP contribution is 2.24. The van der Waals surface area contributed by atoms with Crippen molar-refractivity contribution in [1.29, 1.82) is 0 Å². The molecule has 1 rings (SSSR count). The monoisotopic (exact) mass is 269 g/mol. The van der Waals surface area contributed by atoms with E-state index in [-0.39, 0.29) is 0 Å². The first-order valence-electron chi connectivity index (χ1n) is 4.82. The van der Waals surface area contributed by atoms with Crippen LogP contribution in [0.4, 0.5) is 0 Å². The molecule has 0 saturated carbocycles. The van der Waals surface area contributed by atoms with Gasteiger partial charge in [-0.15, -0.1) is 0 Å². The van der Waals surface area contributed by atoms with E-state index < -0.39 is 0 Å². The van der Waals surface area contributed by atoms with Gasteiger partial charge in [0.2, 0.25) is 0 Å². The summed E-state index contributed by atoms with van der Waals surface area (Å²) in [4.78, 5) is 0. The fourth-order valence-electron chi connectivity index (χ4n) is 1.35. The van der Waals surface area contributed by atoms with Crippen LogP contribution in [0.3, 0.4) is 0 Å². The van der Waals surface area contributed by atoms with Crippen molar-refractivity contribution in [3.63, 3.8) is 0 Å². The zero-order chi connectivity index (χ0) is 11.3. The molecule has 0 aliphatic carbocycles. The highest BCUT2D eigenvalue weighted by molar-refractivity contribution is 9.10. The largest absolute Gasteiger partial charge is 0.497 e. The third kappa shape index (κ3) is 3.68. The van der Waals surface area contributed by atoms with E-state index >= 15 is 0 Å². The summed E-state index contributed by atoms with van der Waals surface area (Å²) in [6.45, 7) is 2.99. The van der Waals surface area contributed by atoms with Crippen LogP contribution in [0.1, 0.15) is 12.5 Å². The molecule has 82 valence electrons. The van der Waals surface area contributed by atoms with E-state index in [1.807, 2.05) is 25.2 Å². The molecule has 1 N–H and O–H groups in total. The molecule has 15 heavy (non-hydrogen) atoms. The van der Waals surface area contributed by atoms with E-state index in [9.17, 15) is 0 Å². The molecule has 0 aliphatic rings. The van der Waals surface area contributed by atoms with Gasteiger partial charge in [0.15, 0.2) is 0 Å². The molecule has 0 atom stereocenters. The van der Waals surface area contributed by atoms with Crippen LogP contribution in [0, 0.1) is 0 Å². The second kappa shape index (κ2) is 5.93. The number of rotatable bonds is 4. The number of hydrogen-bond donors (Lipinski definition) is 1. The van der Waals surface area contributed by atoms with Crippen LogP contribution in [0.25, 0.3) is 6.08 Å². The summed E-state index contributed by atoms with van der Waals surface area (Å²) in [5.41, 5.74) is 2.42. The van der Waals surface area contributed by atoms with E-state index in [1.165, 1.54) is 5.57 Å². The molecule has 3 heteroatoms. The molecule has 0 bridgehead atoms. The summed E-state index contributed by atoms with van der Waals surface area (Å²) in [6.07, 6.45) is 2.14. The molecule has 0 unspecified atom stereocenters. The van der Waals surface area contributed by atoms with Crippen LogP contribution in [-0.2, 0) is 0 Å². The Morgan fingerprint density at radius 2 is 2.27 bits per heavy atom. The maximum absolute atomic E-state index is 5.19.